The van der Waals surface area contributed by atoms with Crippen molar-refractivity contribution in [2.45, 2.75) is 53.0 Å². The van der Waals surface area contributed by atoms with Crippen LogP contribution in [0.25, 0.3) is 0 Å². The number of nitrogens with one attached hydrogen (secondary N) is 1. The van der Waals surface area contributed by atoms with E-state index < -0.39 is 0 Å². The molecule has 1 rings (SSSR count). The highest BCUT2D eigenvalue weighted by atomic mass is 19.1. The molecule has 1 aromatic rings. The average Bonchev–Trinajstić information content (AvgIpc) is 2.45. The van der Waals surface area contributed by atoms with Gasteiger partial charge in [-0.1, -0.05) is 25.8 Å². The molecule has 0 atom stereocenters. The number of hydrogen-bond acceptors (Lipinski definition) is 2. The third-order valence-corrected chi connectivity index (χ3v) is 3.48. The highest BCUT2D eigenvalue weighted by Gasteiger charge is 2.22. The number of para-hydroxylation sites is 1. The van der Waals surface area contributed by atoms with Gasteiger partial charge in [0.2, 0.25) is 0 Å². The molecule has 0 saturated carbocycles. The Morgan fingerprint density at radius 2 is 2.00 bits per heavy atom. The van der Waals surface area contributed by atoms with Crippen molar-refractivity contribution in [3.8, 4) is 0 Å². The largest absolute Gasteiger partial charge is 0.382 e. The monoisotopic (exact) mass is 294 g/mol. The molecular formula is C17H27FN2O. The minimum Gasteiger partial charge on any atom is -0.382 e. The van der Waals surface area contributed by atoms with Gasteiger partial charge in [0.05, 0.1) is 11.3 Å². The molecule has 21 heavy (non-hydrogen) atoms. The molecular weight excluding hydrogens is 267 g/mol. The van der Waals surface area contributed by atoms with Crippen LogP contribution in [0.5, 0.6) is 0 Å². The van der Waals surface area contributed by atoms with Crippen LogP contribution in [0.3, 0.4) is 0 Å². The number of unbranched alkanes of at least 4 members (excludes halogenated alkanes) is 2. The van der Waals surface area contributed by atoms with Gasteiger partial charge < -0.3 is 10.2 Å². The van der Waals surface area contributed by atoms with Gasteiger partial charge in [0, 0.05) is 19.1 Å². The highest BCUT2D eigenvalue weighted by molar-refractivity contribution is 5.99. The molecule has 0 aromatic heterocycles. The Bertz CT molecular complexity index is 460. The number of amides is 1. The first kappa shape index (κ1) is 17.5. The number of carbonyl (C=O) groups is 1. The van der Waals surface area contributed by atoms with E-state index >= 15 is 0 Å². The summed E-state index contributed by atoms with van der Waals surface area (Å²) in [5.41, 5.74) is 0.730. The molecule has 0 heterocycles. The van der Waals surface area contributed by atoms with Gasteiger partial charge in [-0.15, -0.1) is 0 Å². The van der Waals surface area contributed by atoms with Gasteiger partial charge in [0.15, 0.2) is 0 Å². The number of hydrogen-bond donors (Lipinski definition) is 1. The van der Waals surface area contributed by atoms with E-state index in [2.05, 4.69) is 12.2 Å². The Morgan fingerprint density at radius 3 is 2.57 bits per heavy atom. The second-order valence-electron chi connectivity index (χ2n) is 5.49. The summed E-state index contributed by atoms with van der Waals surface area (Å²) in [4.78, 5) is 14.6. The Kier molecular flexibility index (Phi) is 7.20. The van der Waals surface area contributed by atoms with Crippen molar-refractivity contribution in [3.63, 3.8) is 0 Å². The summed E-state index contributed by atoms with van der Waals surface area (Å²) < 4.78 is 13.9. The van der Waals surface area contributed by atoms with Gasteiger partial charge in [0.25, 0.3) is 5.91 Å². The number of benzene rings is 1. The Labute approximate surface area is 127 Å². The van der Waals surface area contributed by atoms with Crippen LogP contribution in [0.1, 0.15) is 57.3 Å². The van der Waals surface area contributed by atoms with Crippen LogP contribution >= 0.6 is 0 Å². The lowest BCUT2D eigenvalue weighted by Crippen LogP contribution is -2.38. The number of nitrogens with zero attached hydrogens (tertiary/aromatic N) is 1. The maximum atomic E-state index is 13.9. The molecule has 1 aromatic carbocycles. The molecule has 0 radical (unpaired) electrons. The molecule has 4 heteroatoms. The van der Waals surface area contributed by atoms with Crippen LogP contribution in [-0.4, -0.2) is 29.9 Å². The number of halogens is 1. The van der Waals surface area contributed by atoms with Gasteiger partial charge >= 0.3 is 0 Å². The third-order valence-electron chi connectivity index (χ3n) is 3.48. The Morgan fingerprint density at radius 1 is 1.29 bits per heavy atom. The summed E-state index contributed by atoms with van der Waals surface area (Å²) in [6.07, 6.45) is 3.19. The van der Waals surface area contributed by atoms with Crippen molar-refractivity contribution < 1.29 is 9.18 Å². The molecule has 118 valence electrons. The van der Waals surface area contributed by atoms with E-state index in [0.29, 0.717) is 24.3 Å². The summed E-state index contributed by atoms with van der Waals surface area (Å²) in [5, 5.41) is 2.96. The number of anilines is 1. The van der Waals surface area contributed by atoms with E-state index in [1.54, 1.807) is 12.1 Å². The van der Waals surface area contributed by atoms with E-state index in [1.807, 2.05) is 25.7 Å². The minimum atomic E-state index is -0.375. The maximum Gasteiger partial charge on any atom is 0.256 e. The molecule has 0 aliphatic heterocycles. The fourth-order valence-electron chi connectivity index (χ4n) is 2.34. The second kappa shape index (κ2) is 8.65. The van der Waals surface area contributed by atoms with Crippen LogP contribution in [0.2, 0.25) is 0 Å². The van der Waals surface area contributed by atoms with E-state index in [0.717, 1.165) is 19.3 Å². The predicted molar refractivity (Wildman–Crippen MR) is 86.3 cm³/mol. The van der Waals surface area contributed by atoms with Crippen molar-refractivity contribution in [1.29, 1.82) is 0 Å². The molecule has 1 N–H and O–H groups in total. The maximum absolute atomic E-state index is 13.9. The second-order valence-corrected chi connectivity index (χ2v) is 5.49. The van der Waals surface area contributed by atoms with E-state index in [1.165, 1.54) is 6.07 Å². The Balaban J connectivity index is 3.00. The molecule has 0 bridgehead atoms. The summed E-state index contributed by atoms with van der Waals surface area (Å²) >= 11 is 0. The van der Waals surface area contributed by atoms with Gasteiger partial charge in [-0.25, -0.2) is 4.39 Å². The van der Waals surface area contributed by atoms with Gasteiger partial charge in [-0.3, -0.25) is 4.79 Å². The highest BCUT2D eigenvalue weighted by Crippen LogP contribution is 2.22. The lowest BCUT2D eigenvalue weighted by atomic mass is 10.1. The van der Waals surface area contributed by atoms with Crippen molar-refractivity contribution >= 4 is 11.6 Å². The van der Waals surface area contributed by atoms with Crippen molar-refractivity contribution in [3.05, 3.63) is 29.6 Å². The molecule has 3 nitrogen and oxygen atoms in total. The first-order valence-corrected chi connectivity index (χ1v) is 7.86. The Hall–Kier alpha value is -1.58. The normalized spacial score (nSPS) is 10.8. The molecule has 0 unspecified atom stereocenters. The first-order valence-electron chi connectivity index (χ1n) is 7.86. The van der Waals surface area contributed by atoms with Crippen molar-refractivity contribution in [1.82, 2.24) is 4.90 Å². The molecule has 0 spiro atoms. The molecule has 0 aliphatic carbocycles. The number of carbonyl (C=O) groups excluding carboxylic acids is 1. The fourth-order valence-corrected chi connectivity index (χ4v) is 2.34. The quantitative estimate of drug-likeness (QED) is 0.725. The van der Waals surface area contributed by atoms with Crippen molar-refractivity contribution in [2.75, 3.05) is 18.4 Å². The van der Waals surface area contributed by atoms with Crippen LogP contribution in [0.15, 0.2) is 18.2 Å². The molecule has 0 aliphatic rings. The van der Waals surface area contributed by atoms with Crippen LogP contribution in [-0.2, 0) is 0 Å². The average molecular weight is 294 g/mol. The smallest absolute Gasteiger partial charge is 0.256 e. The summed E-state index contributed by atoms with van der Waals surface area (Å²) in [6.45, 7) is 9.32. The molecule has 1 amide bonds. The van der Waals surface area contributed by atoms with Crippen LogP contribution < -0.4 is 5.32 Å². The zero-order chi connectivity index (χ0) is 15.8. The zero-order valence-electron chi connectivity index (χ0n) is 13.6. The lowest BCUT2D eigenvalue weighted by molar-refractivity contribution is 0.0703. The van der Waals surface area contributed by atoms with E-state index in [9.17, 15) is 9.18 Å². The van der Waals surface area contributed by atoms with E-state index in [4.69, 9.17) is 0 Å². The molecule has 0 fully saturated rings. The van der Waals surface area contributed by atoms with E-state index in [-0.39, 0.29) is 17.8 Å². The van der Waals surface area contributed by atoms with Crippen molar-refractivity contribution in [2.24, 2.45) is 0 Å². The molecule has 0 saturated heterocycles. The summed E-state index contributed by atoms with van der Waals surface area (Å²) in [6, 6.07) is 4.77. The van der Waals surface area contributed by atoms with Crippen LogP contribution in [0.4, 0.5) is 10.1 Å². The van der Waals surface area contributed by atoms with Crippen LogP contribution in [0, 0.1) is 5.82 Å². The first-order chi connectivity index (χ1) is 10.0. The predicted octanol–water partition coefficient (Wildman–Crippen LogP) is 4.30. The van der Waals surface area contributed by atoms with Gasteiger partial charge in [0.1, 0.15) is 5.82 Å². The summed E-state index contributed by atoms with van der Waals surface area (Å²) in [5.74, 6) is -0.475. The fraction of sp³-hybridized carbons (Fsp3) is 0.588. The standard InChI is InChI=1S/C17H27FN2O/c1-5-7-8-12-20(13(3)4)17(21)14-10-9-11-15(18)16(14)19-6-2/h9-11,13,19H,5-8,12H2,1-4H3. The topological polar surface area (TPSA) is 32.3 Å². The number of rotatable bonds is 8. The third kappa shape index (κ3) is 4.73. The van der Waals surface area contributed by atoms with Gasteiger partial charge in [-0.05, 0) is 39.3 Å². The minimum absolute atomic E-state index is 0.100. The van der Waals surface area contributed by atoms with Gasteiger partial charge in [-0.2, -0.15) is 0 Å². The SMILES string of the molecule is CCCCCN(C(=O)c1cccc(F)c1NCC)C(C)C. The zero-order valence-corrected chi connectivity index (χ0v) is 13.6. The summed E-state index contributed by atoms with van der Waals surface area (Å²) in [7, 11) is 0. The lowest BCUT2D eigenvalue weighted by Gasteiger charge is -2.28.